The Morgan fingerprint density at radius 3 is 2.65 bits per heavy atom. The summed E-state index contributed by atoms with van der Waals surface area (Å²) in [6, 6.07) is 9.92. The minimum absolute atomic E-state index is 0.0895. The molecule has 0 fully saturated rings. The minimum atomic E-state index is -1.06. The van der Waals surface area contributed by atoms with Crippen LogP contribution in [0.1, 0.15) is 27.2 Å². The van der Waals surface area contributed by atoms with Crippen LogP contribution >= 0.6 is 0 Å². The van der Waals surface area contributed by atoms with Crippen LogP contribution in [0.4, 0.5) is 5.69 Å². The fourth-order valence-electron chi connectivity index (χ4n) is 1.69. The van der Waals surface area contributed by atoms with Crippen LogP contribution in [0.25, 0.3) is 0 Å². The first-order valence-corrected chi connectivity index (χ1v) is 5.63. The zero-order chi connectivity index (χ0) is 14.5. The van der Waals surface area contributed by atoms with E-state index < -0.39 is 5.97 Å². The van der Waals surface area contributed by atoms with E-state index in [4.69, 9.17) is 20.0 Å². The van der Waals surface area contributed by atoms with Crippen molar-refractivity contribution in [1.82, 2.24) is 0 Å². The Morgan fingerprint density at radius 2 is 2.00 bits per heavy atom. The minimum Gasteiger partial charge on any atom is -0.478 e. The van der Waals surface area contributed by atoms with Gasteiger partial charge < -0.3 is 14.8 Å². The van der Waals surface area contributed by atoms with Crippen LogP contribution < -0.4 is 5.32 Å². The second-order valence-corrected chi connectivity index (χ2v) is 3.90. The lowest BCUT2D eigenvalue weighted by molar-refractivity contribution is 0.0694. The molecule has 2 aromatic rings. The molecule has 0 radical (unpaired) electrons. The van der Waals surface area contributed by atoms with Crippen LogP contribution in [0, 0.1) is 22.7 Å². The molecule has 1 heterocycles. The maximum atomic E-state index is 10.9. The Hall–Kier alpha value is -3.25. The SMILES string of the molecule is N#Cc1ccc(NCc2occc2C(=O)O)cc1C#N. The molecule has 0 aliphatic carbocycles. The Bertz CT molecular complexity index is 735. The summed E-state index contributed by atoms with van der Waals surface area (Å²) in [5.41, 5.74) is 1.25. The predicted octanol–water partition coefficient (Wildman–Crippen LogP) is 2.33. The first-order chi connectivity index (χ1) is 9.65. The quantitative estimate of drug-likeness (QED) is 0.879. The van der Waals surface area contributed by atoms with Crippen molar-refractivity contribution in [2.24, 2.45) is 0 Å². The van der Waals surface area contributed by atoms with Gasteiger partial charge in [-0.1, -0.05) is 0 Å². The number of carbonyl (C=O) groups is 1. The average molecular weight is 267 g/mol. The Balaban J connectivity index is 2.16. The van der Waals surface area contributed by atoms with Crippen LogP contribution in [0.2, 0.25) is 0 Å². The molecular formula is C14H9N3O3. The highest BCUT2D eigenvalue weighted by atomic mass is 16.4. The van der Waals surface area contributed by atoms with Crippen molar-refractivity contribution in [3.05, 3.63) is 53.0 Å². The van der Waals surface area contributed by atoms with Crippen molar-refractivity contribution in [2.45, 2.75) is 6.54 Å². The van der Waals surface area contributed by atoms with E-state index in [9.17, 15) is 4.79 Å². The number of carboxylic acids is 1. The molecule has 0 saturated carbocycles. The number of aromatic carboxylic acids is 1. The molecule has 0 aliphatic rings. The number of nitriles is 2. The highest BCUT2D eigenvalue weighted by Crippen LogP contribution is 2.17. The van der Waals surface area contributed by atoms with Crippen LogP contribution in [0.15, 0.2) is 34.9 Å². The monoisotopic (exact) mass is 267 g/mol. The van der Waals surface area contributed by atoms with Gasteiger partial charge >= 0.3 is 5.97 Å². The summed E-state index contributed by atoms with van der Waals surface area (Å²) < 4.78 is 5.09. The smallest absolute Gasteiger partial charge is 0.339 e. The van der Waals surface area contributed by atoms with Crippen molar-refractivity contribution in [1.29, 1.82) is 10.5 Å². The molecule has 0 saturated heterocycles. The molecule has 0 unspecified atom stereocenters. The van der Waals surface area contributed by atoms with Gasteiger partial charge in [0.25, 0.3) is 0 Å². The second kappa shape index (κ2) is 5.59. The van der Waals surface area contributed by atoms with Crippen LogP contribution in [-0.2, 0) is 6.54 Å². The standard InChI is InChI=1S/C14H9N3O3/c15-6-9-1-2-11(5-10(9)7-16)17-8-13-12(14(18)19)3-4-20-13/h1-5,17H,8H2,(H,18,19). The van der Waals surface area contributed by atoms with Crippen molar-refractivity contribution in [3.63, 3.8) is 0 Å². The number of furan rings is 1. The van der Waals surface area contributed by atoms with Gasteiger partial charge in [-0.25, -0.2) is 4.79 Å². The van der Waals surface area contributed by atoms with E-state index in [1.807, 2.05) is 12.1 Å². The van der Waals surface area contributed by atoms with Crippen LogP contribution in [0.5, 0.6) is 0 Å². The van der Waals surface area contributed by atoms with Crippen LogP contribution in [0.3, 0.4) is 0 Å². The van der Waals surface area contributed by atoms with E-state index in [0.717, 1.165) is 0 Å². The van der Waals surface area contributed by atoms with E-state index in [2.05, 4.69) is 5.32 Å². The summed E-state index contributed by atoms with van der Waals surface area (Å²) >= 11 is 0. The van der Waals surface area contributed by atoms with Crippen molar-refractivity contribution < 1.29 is 14.3 Å². The average Bonchev–Trinajstić information content (AvgIpc) is 2.93. The normalized spacial score (nSPS) is 9.50. The third kappa shape index (κ3) is 2.60. The van der Waals surface area contributed by atoms with Crippen molar-refractivity contribution >= 4 is 11.7 Å². The number of hydrogen-bond donors (Lipinski definition) is 2. The topological polar surface area (TPSA) is 110 Å². The first-order valence-electron chi connectivity index (χ1n) is 5.63. The van der Waals surface area contributed by atoms with Gasteiger partial charge in [0.1, 0.15) is 23.5 Å². The molecule has 98 valence electrons. The number of nitrogens with one attached hydrogen (secondary N) is 1. The van der Waals surface area contributed by atoms with Gasteiger partial charge in [-0.15, -0.1) is 0 Å². The molecule has 1 aromatic carbocycles. The summed E-state index contributed by atoms with van der Waals surface area (Å²) in [4.78, 5) is 10.9. The number of nitrogens with zero attached hydrogens (tertiary/aromatic N) is 2. The van der Waals surface area contributed by atoms with Crippen molar-refractivity contribution in [2.75, 3.05) is 5.32 Å². The van der Waals surface area contributed by atoms with E-state index >= 15 is 0 Å². The zero-order valence-electron chi connectivity index (χ0n) is 10.3. The number of hydrogen-bond acceptors (Lipinski definition) is 5. The molecule has 0 amide bonds. The van der Waals surface area contributed by atoms with Gasteiger partial charge in [-0.3, -0.25) is 0 Å². The van der Waals surface area contributed by atoms with Gasteiger partial charge in [0.05, 0.1) is 23.9 Å². The highest BCUT2D eigenvalue weighted by Gasteiger charge is 2.13. The molecule has 20 heavy (non-hydrogen) atoms. The molecule has 1 aromatic heterocycles. The number of benzene rings is 1. The Labute approximate surface area is 114 Å². The second-order valence-electron chi connectivity index (χ2n) is 3.90. The first kappa shape index (κ1) is 13.2. The molecule has 0 spiro atoms. The summed E-state index contributed by atoms with van der Waals surface area (Å²) in [5, 5.41) is 29.6. The molecule has 2 rings (SSSR count). The molecule has 6 heteroatoms. The van der Waals surface area contributed by atoms with E-state index in [-0.39, 0.29) is 17.7 Å². The molecule has 0 bridgehead atoms. The summed E-state index contributed by atoms with van der Waals surface area (Å²) in [6.07, 6.45) is 1.31. The van der Waals surface area contributed by atoms with Gasteiger partial charge in [0.2, 0.25) is 0 Å². The van der Waals surface area contributed by atoms with Gasteiger partial charge in [0, 0.05) is 5.69 Å². The summed E-state index contributed by atoms with van der Waals surface area (Å²) in [7, 11) is 0. The maximum Gasteiger partial charge on any atom is 0.339 e. The highest BCUT2D eigenvalue weighted by molar-refractivity contribution is 5.88. The van der Waals surface area contributed by atoms with Crippen molar-refractivity contribution in [3.8, 4) is 12.1 Å². The molecule has 0 atom stereocenters. The van der Waals surface area contributed by atoms with Gasteiger partial charge in [-0.05, 0) is 24.3 Å². The Kier molecular flexibility index (Phi) is 3.69. The molecule has 0 aliphatic heterocycles. The molecular weight excluding hydrogens is 258 g/mol. The fraction of sp³-hybridized carbons (Fsp3) is 0.0714. The number of rotatable bonds is 4. The van der Waals surface area contributed by atoms with Gasteiger partial charge in [0.15, 0.2) is 0 Å². The molecule has 6 nitrogen and oxygen atoms in total. The molecule has 2 N–H and O–H groups in total. The summed E-state index contributed by atoms with van der Waals surface area (Å²) in [5.74, 6) is -0.770. The zero-order valence-corrected chi connectivity index (χ0v) is 10.3. The third-order valence-corrected chi connectivity index (χ3v) is 2.69. The predicted molar refractivity (Wildman–Crippen MR) is 68.9 cm³/mol. The van der Waals surface area contributed by atoms with Crippen LogP contribution in [-0.4, -0.2) is 11.1 Å². The Morgan fingerprint density at radius 1 is 1.25 bits per heavy atom. The third-order valence-electron chi connectivity index (χ3n) is 2.69. The number of anilines is 1. The van der Waals surface area contributed by atoms with E-state index in [1.165, 1.54) is 24.5 Å². The summed E-state index contributed by atoms with van der Waals surface area (Å²) in [6.45, 7) is 0.172. The van der Waals surface area contributed by atoms with E-state index in [1.54, 1.807) is 6.07 Å². The fourth-order valence-corrected chi connectivity index (χ4v) is 1.69. The lowest BCUT2D eigenvalue weighted by Gasteiger charge is -2.06. The lowest BCUT2D eigenvalue weighted by Crippen LogP contribution is -2.05. The lowest BCUT2D eigenvalue weighted by atomic mass is 10.1. The van der Waals surface area contributed by atoms with Gasteiger partial charge in [-0.2, -0.15) is 10.5 Å². The largest absolute Gasteiger partial charge is 0.478 e. The maximum absolute atomic E-state index is 10.9. The number of carboxylic acid groups (broad SMARTS) is 1. The van der Waals surface area contributed by atoms with E-state index in [0.29, 0.717) is 17.0 Å².